The molecule has 104 valence electrons. The van der Waals surface area contributed by atoms with Gasteiger partial charge >= 0.3 is 0 Å². The average Bonchev–Trinajstić information content (AvgIpc) is 2.42. The molecule has 0 bridgehead atoms. The number of benzene rings is 2. The first-order chi connectivity index (χ1) is 9.51. The van der Waals surface area contributed by atoms with Crippen LogP contribution in [-0.2, 0) is 0 Å². The van der Waals surface area contributed by atoms with Gasteiger partial charge in [0.15, 0.2) is 0 Å². The summed E-state index contributed by atoms with van der Waals surface area (Å²) in [7, 11) is 1.55. The van der Waals surface area contributed by atoms with E-state index in [0.29, 0.717) is 22.0 Å². The van der Waals surface area contributed by atoms with Crippen LogP contribution in [-0.4, -0.2) is 13.0 Å². The number of nitrogens with one attached hydrogen (secondary N) is 1. The first kappa shape index (κ1) is 14.4. The minimum Gasteiger partial charge on any atom is -0.495 e. The molecule has 0 aliphatic carbocycles. The van der Waals surface area contributed by atoms with E-state index >= 15 is 0 Å². The molecule has 0 saturated carbocycles. The second-order valence-electron chi connectivity index (χ2n) is 4.60. The number of hydrogen-bond acceptors (Lipinski definition) is 2. The zero-order valence-corrected chi connectivity index (χ0v) is 12.4. The molecule has 0 aromatic heterocycles. The van der Waals surface area contributed by atoms with Crippen LogP contribution in [0.4, 0.5) is 5.69 Å². The minimum atomic E-state index is -0.186. The highest BCUT2D eigenvalue weighted by atomic mass is 35.5. The molecule has 0 atom stereocenters. The lowest BCUT2D eigenvalue weighted by molar-refractivity contribution is 0.102. The van der Waals surface area contributed by atoms with Crippen LogP contribution in [0, 0.1) is 13.8 Å². The van der Waals surface area contributed by atoms with Gasteiger partial charge in [-0.15, -0.1) is 0 Å². The van der Waals surface area contributed by atoms with Gasteiger partial charge in [0.25, 0.3) is 5.91 Å². The molecule has 2 aromatic rings. The predicted molar refractivity (Wildman–Crippen MR) is 81.9 cm³/mol. The quantitative estimate of drug-likeness (QED) is 0.919. The summed E-state index contributed by atoms with van der Waals surface area (Å²) in [6, 6.07) is 10.7. The number of hydrogen-bond donors (Lipinski definition) is 1. The molecule has 1 amide bonds. The molecule has 0 aliphatic rings. The van der Waals surface area contributed by atoms with Crippen LogP contribution in [0.15, 0.2) is 36.4 Å². The van der Waals surface area contributed by atoms with Crippen molar-refractivity contribution in [2.24, 2.45) is 0 Å². The van der Waals surface area contributed by atoms with Crippen molar-refractivity contribution < 1.29 is 9.53 Å². The van der Waals surface area contributed by atoms with E-state index in [2.05, 4.69) is 5.32 Å². The Morgan fingerprint density at radius 1 is 1.10 bits per heavy atom. The van der Waals surface area contributed by atoms with Crippen molar-refractivity contribution in [3.05, 3.63) is 58.1 Å². The summed E-state index contributed by atoms with van der Waals surface area (Å²) >= 11 is 5.94. The molecule has 0 aliphatic heterocycles. The summed E-state index contributed by atoms with van der Waals surface area (Å²) in [6.07, 6.45) is 0. The number of ether oxygens (including phenoxy) is 1. The maximum Gasteiger partial charge on any atom is 0.255 e. The summed E-state index contributed by atoms with van der Waals surface area (Å²) in [5.41, 5.74) is 3.40. The highest BCUT2D eigenvalue weighted by Crippen LogP contribution is 2.28. The molecule has 20 heavy (non-hydrogen) atoms. The molecule has 1 N–H and O–H groups in total. The van der Waals surface area contributed by atoms with E-state index < -0.39 is 0 Å². The van der Waals surface area contributed by atoms with Gasteiger partial charge in [-0.1, -0.05) is 17.7 Å². The number of carbonyl (C=O) groups is 1. The molecule has 0 spiro atoms. The summed E-state index contributed by atoms with van der Waals surface area (Å²) in [5, 5.41) is 3.36. The number of methoxy groups -OCH3 is 1. The maximum absolute atomic E-state index is 12.2. The number of rotatable bonds is 3. The molecule has 2 aromatic carbocycles. The molecular formula is C16H16ClNO2. The second kappa shape index (κ2) is 5.97. The molecule has 0 heterocycles. The van der Waals surface area contributed by atoms with E-state index in [1.54, 1.807) is 31.4 Å². The zero-order valence-electron chi connectivity index (χ0n) is 11.7. The first-order valence-corrected chi connectivity index (χ1v) is 6.61. The molecular weight excluding hydrogens is 274 g/mol. The SMILES string of the molecule is COc1ccc(Cl)cc1NC(=O)c1ccc(C)c(C)c1. The van der Waals surface area contributed by atoms with Crippen molar-refractivity contribution in [3.63, 3.8) is 0 Å². The normalized spacial score (nSPS) is 10.2. The van der Waals surface area contributed by atoms with Gasteiger partial charge in [0.2, 0.25) is 0 Å². The lowest BCUT2D eigenvalue weighted by atomic mass is 10.1. The van der Waals surface area contributed by atoms with Gasteiger partial charge < -0.3 is 10.1 Å². The van der Waals surface area contributed by atoms with E-state index in [-0.39, 0.29) is 5.91 Å². The third kappa shape index (κ3) is 3.11. The lowest BCUT2D eigenvalue weighted by Crippen LogP contribution is -2.13. The van der Waals surface area contributed by atoms with Crippen molar-refractivity contribution in [3.8, 4) is 5.75 Å². The molecule has 0 radical (unpaired) electrons. The highest BCUT2D eigenvalue weighted by molar-refractivity contribution is 6.31. The molecule has 0 unspecified atom stereocenters. The van der Waals surface area contributed by atoms with Crippen molar-refractivity contribution in [1.29, 1.82) is 0 Å². The number of carbonyl (C=O) groups excluding carboxylic acids is 1. The third-order valence-electron chi connectivity index (χ3n) is 3.18. The Kier molecular flexibility index (Phi) is 4.30. The standard InChI is InChI=1S/C16H16ClNO2/c1-10-4-5-12(8-11(10)2)16(19)18-14-9-13(17)6-7-15(14)20-3/h4-9H,1-3H3,(H,18,19). The van der Waals surface area contributed by atoms with E-state index in [0.717, 1.165) is 11.1 Å². The first-order valence-electron chi connectivity index (χ1n) is 6.23. The second-order valence-corrected chi connectivity index (χ2v) is 5.03. The zero-order chi connectivity index (χ0) is 14.7. The molecule has 0 saturated heterocycles. The fourth-order valence-corrected chi connectivity index (χ4v) is 2.03. The average molecular weight is 290 g/mol. The van der Waals surface area contributed by atoms with Gasteiger partial charge in [-0.05, 0) is 55.3 Å². The van der Waals surface area contributed by atoms with Crippen molar-refractivity contribution in [2.75, 3.05) is 12.4 Å². The molecule has 0 fully saturated rings. The largest absolute Gasteiger partial charge is 0.495 e. The fraction of sp³-hybridized carbons (Fsp3) is 0.188. The van der Waals surface area contributed by atoms with Gasteiger partial charge in [-0.2, -0.15) is 0 Å². The Morgan fingerprint density at radius 3 is 2.50 bits per heavy atom. The summed E-state index contributed by atoms with van der Waals surface area (Å²) in [4.78, 5) is 12.2. The molecule has 4 heteroatoms. The Labute approximate surface area is 123 Å². The monoisotopic (exact) mass is 289 g/mol. The van der Waals surface area contributed by atoms with Gasteiger partial charge in [0.1, 0.15) is 5.75 Å². The lowest BCUT2D eigenvalue weighted by Gasteiger charge is -2.11. The van der Waals surface area contributed by atoms with Crippen LogP contribution >= 0.6 is 11.6 Å². The predicted octanol–water partition coefficient (Wildman–Crippen LogP) is 4.22. The Hall–Kier alpha value is -2.00. The van der Waals surface area contributed by atoms with Crippen molar-refractivity contribution in [2.45, 2.75) is 13.8 Å². The van der Waals surface area contributed by atoms with Crippen molar-refractivity contribution >= 4 is 23.2 Å². The maximum atomic E-state index is 12.2. The number of halogens is 1. The van der Waals surface area contributed by atoms with E-state index in [4.69, 9.17) is 16.3 Å². The van der Waals surface area contributed by atoms with E-state index in [1.807, 2.05) is 26.0 Å². The van der Waals surface area contributed by atoms with Crippen LogP contribution < -0.4 is 10.1 Å². The van der Waals surface area contributed by atoms with Gasteiger partial charge in [-0.3, -0.25) is 4.79 Å². The topological polar surface area (TPSA) is 38.3 Å². The van der Waals surface area contributed by atoms with Crippen molar-refractivity contribution in [1.82, 2.24) is 0 Å². The van der Waals surface area contributed by atoms with Gasteiger partial charge in [0, 0.05) is 10.6 Å². The van der Waals surface area contributed by atoms with Crippen LogP contribution in [0.5, 0.6) is 5.75 Å². The summed E-state index contributed by atoms with van der Waals surface area (Å²) < 4.78 is 5.21. The Balaban J connectivity index is 2.27. The van der Waals surface area contributed by atoms with Crippen LogP contribution in [0.2, 0.25) is 5.02 Å². The van der Waals surface area contributed by atoms with Crippen LogP contribution in [0.1, 0.15) is 21.5 Å². The number of aryl methyl sites for hydroxylation is 2. The number of anilines is 1. The van der Waals surface area contributed by atoms with Gasteiger partial charge in [-0.25, -0.2) is 0 Å². The summed E-state index contributed by atoms with van der Waals surface area (Å²) in [6.45, 7) is 3.99. The summed E-state index contributed by atoms with van der Waals surface area (Å²) in [5.74, 6) is 0.389. The Bertz CT molecular complexity index is 653. The van der Waals surface area contributed by atoms with E-state index in [9.17, 15) is 4.79 Å². The van der Waals surface area contributed by atoms with Gasteiger partial charge in [0.05, 0.1) is 12.8 Å². The Morgan fingerprint density at radius 2 is 1.85 bits per heavy atom. The highest BCUT2D eigenvalue weighted by Gasteiger charge is 2.11. The third-order valence-corrected chi connectivity index (χ3v) is 3.41. The fourth-order valence-electron chi connectivity index (χ4n) is 1.86. The molecule has 2 rings (SSSR count). The molecule has 3 nitrogen and oxygen atoms in total. The number of amides is 1. The smallest absolute Gasteiger partial charge is 0.255 e. The minimum absolute atomic E-state index is 0.186. The van der Waals surface area contributed by atoms with Crippen LogP contribution in [0.3, 0.4) is 0 Å². The van der Waals surface area contributed by atoms with E-state index in [1.165, 1.54) is 0 Å². The van der Waals surface area contributed by atoms with Crippen LogP contribution in [0.25, 0.3) is 0 Å².